The average molecular weight is 1000 g/mol. The van der Waals surface area contributed by atoms with Crippen molar-refractivity contribution in [2.24, 2.45) is 5.92 Å². The number of rotatable bonds is 18. The first-order valence-electron chi connectivity index (χ1n) is 22.1. The molecular weight excluding hydrogens is 943 g/mol. The molecule has 3 aliphatic rings. The van der Waals surface area contributed by atoms with Gasteiger partial charge in [-0.1, -0.05) is 112 Å². The Morgan fingerprint density at radius 1 is 0.662 bits per heavy atom. The molecule has 0 bridgehead atoms. The van der Waals surface area contributed by atoms with Crippen LogP contribution in [0, 0.1) is 5.92 Å². The fourth-order valence-corrected chi connectivity index (χ4v) is 10.7. The van der Waals surface area contributed by atoms with Crippen LogP contribution in [-0.2, 0) is 39.8 Å². The third kappa shape index (κ3) is 14.0. The Hall–Kier alpha value is -5.51. The summed E-state index contributed by atoms with van der Waals surface area (Å²) in [5.74, 6) is -0.776. The number of ketones is 2. The van der Waals surface area contributed by atoms with Gasteiger partial charge in [0.25, 0.3) is 6.47 Å². The summed E-state index contributed by atoms with van der Waals surface area (Å²) >= 11 is 2.45. The fraction of sp³-hybridized carbons (Fsp3) is 0.346. The van der Waals surface area contributed by atoms with Crippen LogP contribution in [0.25, 0.3) is 0 Å². The lowest BCUT2D eigenvalue weighted by molar-refractivity contribution is -0.140. The Labute approximate surface area is 419 Å². The quantitative estimate of drug-likeness (QED) is 0.0220. The number of hydrogen-bond acceptors (Lipinski definition) is 14. The van der Waals surface area contributed by atoms with Crippen molar-refractivity contribution >= 4 is 98.1 Å². The van der Waals surface area contributed by atoms with Gasteiger partial charge in [-0.3, -0.25) is 14.4 Å². The molecule has 0 atom stereocenters. The minimum atomic E-state index is -0.628. The Kier molecular flexibility index (Phi) is 22.3. The molecule has 4 aromatic rings. The van der Waals surface area contributed by atoms with Crippen LogP contribution in [0.4, 0.5) is 5.69 Å². The Morgan fingerprint density at radius 2 is 1.15 bits per heavy atom. The Balaban J connectivity index is 0.00000196. The van der Waals surface area contributed by atoms with Crippen molar-refractivity contribution < 1.29 is 52.5 Å². The van der Waals surface area contributed by atoms with Crippen LogP contribution >= 0.6 is 50.5 Å². The maximum Gasteiger partial charge on any atom is 0.339 e. The summed E-state index contributed by atoms with van der Waals surface area (Å²) in [6, 6.07) is 21.5. The normalized spacial score (nSPS) is 14.1. The van der Waals surface area contributed by atoms with Crippen molar-refractivity contribution in [1.82, 2.24) is 0 Å². The lowest BCUT2D eigenvalue weighted by Crippen LogP contribution is -2.29. The van der Waals surface area contributed by atoms with Crippen LogP contribution in [0.1, 0.15) is 129 Å². The zero-order valence-corrected chi connectivity index (χ0v) is 41.6. The van der Waals surface area contributed by atoms with Gasteiger partial charge >= 0.3 is 17.9 Å². The number of fused-ring (bicyclic) bond motifs is 2. The van der Waals surface area contributed by atoms with E-state index in [2.05, 4.69) is 18.5 Å². The van der Waals surface area contributed by atoms with Gasteiger partial charge in [0, 0.05) is 53.6 Å². The van der Waals surface area contributed by atoms with Gasteiger partial charge in [0.2, 0.25) is 0 Å². The van der Waals surface area contributed by atoms with Gasteiger partial charge in [0.15, 0.2) is 11.6 Å². The lowest BCUT2D eigenvalue weighted by Gasteiger charge is -2.30. The van der Waals surface area contributed by atoms with E-state index in [1.54, 1.807) is 48.5 Å². The second-order valence-corrected chi connectivity index (χ2v) is 18.3. The highest BCUT2D eigenvalue weighted by Crippen LogP contribution is 2.46. The van der Waals surface area contributed by atoms with Crippen molar-refractivity contribution in [1.29, 1.82) is 0 Å². The van der Waals surface area contributed by atoms with Crippen molar-refractivity contribution in [3.63, 3.8) is 0 Å². The first-order chi connectivity index (χ1) is 32.1. The van der Waals surface area contributed by atoms with E-state index in [4.69, 9.17) is 23.7 Å². The zero-order valence-electron chi connectivity index (χ0n) is 38.0. The molecule has 7 rings (SSSR count). The van der Waals surface area contributed by atoms with E-state index in [1.807, 2.05) is 24.3 Å². The molecule has 0 aromatic heterocycles. The van der Waals surface area contributed by atoms with Crippen LogP contribution in [-0.4, -0.2) is 74.4 Å². The molecule has 0 heterocycles. The van der Waals surface area contributed by atoms with Gasteiger partial charge in [-0.15, -0.1) is 0 Å². The fourth-order valence-electron chi connectivity index (χ4n) is 8.50. The predicted octanol–water partition coefficient (Wildman–Crippen LogP) is 10.5. The first kappa shape index (κ1) is 55.1. The third-order valence-electron chi connectivity index (χ3n) is 11.6. The average Bonchev–Trinajstić information content (AvgIpc) is 3.32. The van der Waals surface area contributed by atoms with E-state index in [0.29, 0.717) is 55.2 Å². The molecule has 12 nitrogen and oxygen atoms in total. The largest absolute Gasteiger partial charge is 0.464 e. The SMILES string of the molecule is C=C(C)C(=O)OCCOC(=O)c1ccccc1Sc1ccc(NC2CCCCC2)c2c1C(=O)c1c(CC3CCCCC3)ccc(Sc3ccccc3C(=O)OCCOC=O)c1C2=O.C=C=O.S.S. The van der Waals surface area contributed by atoms with Gasteiger partial charge < -0.3 is 24.3 Å². The molecule has 0 radical (unpaired) electrons. The summed E-state index contributed by atoms with van der Waals surface area (Å²) in [6.45, 7) is 7.56. The molecule has 0 amide bonds. The number of nitrogens with one attached hydrogen (secondary N) is 1. The van der Waals surface area contributed by atoms with E-state index in [-0.39, 0.29) is 98.9 Å². The van der Waals surface area contributed by atoms with Crippen molar-refractivity contribution in [3.8, 4) is 0 Å². The second-order valence-electron chi connectivity index (χ2n) is 16.2. The highest BCUT2D eigenvalue weighted by atomic mass is 32.2. The van der Waals surface area contributed by atoms with E-state index in [0.717, 1.165) is 63.4 Å². The molecule has 2 saturated carbocycles. The predicted molar refractivity (Wildman–Crippen MR) is 272 cm³/mol. The standard InChI is InChI=1S/C50H51NO10S2.C2H2O.2H2S/c1-31(2)48(55)59-27-28-61-50(57)36-18-10-12-20-39(36)63-41-24-22-37(51-34-15-7-4-8-16-34)43-45(41)46(53)42-33(29-32-13-5-3-6-14-32)21-23-40(44(42)47(43)54)62-38-19-11-9-17-35(38)49(56)60-26-25-58-30-52;1-2-3;;/h9-12,17-24,30,32,34,51H,1,3-8,13-16,25-29H2,2H3;1H2;2*1H2. The number of carbonyl (C=O) groups excluding carboxylic acids is 7. The summed E-state index contributed by atoms with van der Waals surface area (Å²) in [5, 5.41) is 3.66. The lowest BCUT2D eigenvalue weighted by atomic mass is 9.77. The van der Waals surface area contributed by atoms with Crippen LogP contribution < -0.4 is 5.32 Å². The number of esters is 3. The molecule has 0 spiro atoms. The monoisotopic (exact) mass is 999 g/mol. The number of anilines is 1. The number of carbonyl (C=O) groups is 6. The number of benzene rings is 4. The maximum atomic E-state index is 15.6. The van der Waals surface area contributed by atoms with Crippen molar-refractivity contribution in [2.75, 3.05) is 31.7 Å². The minimum absolute atomic E-state index is 0. The smallest absolute Gasteiger partial charge is 0.339 e. The molecule has 1 N–H and O–H groups in total. The second kappa shape index (κ2) is 27.5. The van der Waals surface area contributed by atoms with E-state index < -0.39 is 17.9 Å². The van der Waals surface area contributed by atoms with Crippen molar-refractivity contribution in [3.05, 3.63) is 130 Å². The minimum Gasteiger partial charge on any atom is -0.464 e. The Morgan fingerprint density at radius 3 is 1.71 bits per heavy atom. The molecule has 68 heavy (non-hydrogen) atoms. The van der Waals surface area contributed by atoms with Gasteiger partial charge in [-0.2, -0.15) is 27.0 Å². The molecule has 2 fully saturated rings. The van der Waals surface area contributed by atoms with Gasteiger partial charge in [-0.05, 0) is 86.7 Å². The molecule has 16 heteroatoms. The molecule has 0 saturated heterocycles. The molecule has 3 aliphatic carbocycles. The van der Waals surface area contributed by atoms with Gasteiger partial charge in [0.1, 0.15) is 32.4 Å². The summed E-state index contributed by atoms with van der Waals surface area (Å²) in [5.41, 5.74) is 3.38. The van der Waals surface area contributed by atoms with Crippen LogP contribution in [0.5, 0.6) is 0 Å². The van der Waals surface area contributed by atoms with Crippen LogP contribution in [0.2, 0.25) is 0 Å². The topological polar surface area (TPSA) is 168 Å². The Bertz CT molecular complexity index is 2510. The van der Waals surface area contributed by atoms with E-state index in [1.165, 1.54) is 42.8 Å². The van der Waals surface area contributed by atoms with Crippen molar-refractivity contribution in [2.45, 2.75) is 103 Å². The van der Waals surface area contributed by atoms with E-state index >= 15 is 9.59 Å². The summed E-state index contributed by atoms with van der Waals surface area (Å²) < 4.78 is 20.7. The molecule has 0 aliphatic heterocycles. The molecule has 4 aromatic carbocycles. The third-order valence-corrected chi connectivity index (χ3v) is 13.9. The zero-order chi connectivity index (χ0) is 47.0. The van der Waals surface area contributed by atoms with Crippen LogP contribution in [0.3, 0.4) is 0 Å². The maximum absolute atomic E-state index is 15.6. The van der Waals surface area contributed by atoms with E-state index in [9.17, 15) is 19.2 Å². The first-order valence-corrected chi connectivity index (χ1v) is 23.8. The summed E-state index contributed by atoms with van der Waals surface area (Å²) in [4.78, 5) is 91.1. The molecular formula is C52H57NO11S4. The number of hydrogen-bond donors (Lipinski definition) is 1. The van der Waals surface area contributed by atoms with Gasteiger partial charge in [0.05, 0.1) is 16.7 Å². The molecule has 0 unspecified atom stereocenters. The number of ether oxygens (including phenoxy) is 4. The van der Waals surface area contributed by atoms with Crippen LogP contribution in [0.15, 0.2) is 111 Å². The summed E-state index contributed by atoms with van der Waals surface area (Å²) in [6.07, 6.45) is 11.3. The molecule has 360 valence electrons. The summed E-state index contributed by atoms with van der Waals surface area (Å²) in [7, 11) is 0. The highest BCUT2D eigenvalue weighted by molar-refractivity contribution is 7.99. The van der Waals surface area contributed by atoms with Gasteiger partial charge in [-0.25, -0.2) is 19.2 Å². The highest BCUT2D eigenvalue weighted by Gasteiger charge is 2.39.